The minimum absolute atomic E-state index is 0.546. The zero-order valence-electron chi connectivity index (χ0n) is 17.6. The van der Waals surface area contributed by atoms with E-state index in [-0.39, 0.29) is 0 Å². The average molecular weight is 451 g/mol. The van der Waals surface area contributed by atoms with E-state index in [0.717, 1.165) is 30.0 Å². The second kappa shape index (κ2) is 9.34. The zero-order valence-corrected chi connectivity index (χ0v) is 19.1. The molecule has 0 saturated carbocycles. The van der Waals surface area contributed by atoms with E-state index in [0.29, 0.717) is 22.1 Å². The van der Waals surface area contributed by atoms with Crippen molar-refractivity contribution < 1.29 is 0 Å². The third-order valence-corrected chi connectivity index (χ3v) is 7.83. The Balaban J connectivity index is 1.32. The minimum Gasteiger partial charge on any atom is -0.308 e. The van der Waals surface area contributed by atoms with Crippen LogP contribution in [0.2, 0.25) is 10.0 Å². The van der Waals surface area contributed by atoms with Gasteiger partial charge in [0.25, 0.3) is 0 Å². The van der Waals surface area contributed by atoms with Crippen LogP contribution in [0.15, 0.2) is 72.8 Å². The van der Waals surface area contributed by atoms with Crippen molar-refractivity contribution in [2.45, 2.75) is 37.9 Å². The Kier molecular flexibility index (Phi) is 6.34. The van der Waals surface area contributed by atoms with Crippen LogP contribution in [0, 0.1) is 5.92 Å². The summed E-state index contributed by atoms with van der Waals surface area (Å²) in [6, 6.07) is 26.5. The first-order valence-electron chi connectivity index (χ1n) is 11.2. The number of benzene rings is 3. The lowest BCUT2D eigenvalue weighted by atomic mass is 9.76. The Hall–Kier alpha value is -1.84. The average Bonchev–Trinajstić information content (AvgIpc) is 2.82. The van der Waals surface area contributed by atoms with Gasteiger partial charge in [0.15, 0.2) is 0 Å². The van der Waals surface area contributed by atoms with Crippen LogP contribution >= 0.6 is 23.2 Å². The highest BCUT2D eigenvalue weighted by Crippen LogP contribution is 2.36. The van der Waals surface area contributed by atoms with Crippen molar-refractivity contribution in [2.75, 3.05) is 13.1 Å². The Bertz CT molecular complexity index is 1010. The highest BCUT2D eigenvalue weighted by atomic mass is 35.5. The van der Waals surface area contributed by atoms with Gasteiger partial charge in [-0.25, -0.2) is 0 Å². The molecule has 3 aromatic rings. The van der Waals surface area contributed by atoms with Crippen LogP contribution in [0.4, 0.5) is 0 Å². The summed E-state index contributed by atoms with van der Waals surface area (Å²) in [6.07, 6.45) is 3.71. The van der Waals surface area contributed by atoms with Crippen LogP contribution < -0.4 is 5.32 Å². The summed E-state index contributed by atoms with van der Waals surface area (Å²) >= 11 is 12.6. The van der Waals surface area contributed by atoms with Crippen LogP contribution in [0.1, 0.15) is 24.0 Å². The smallest absolute Gasteiger partial charge is 0.0670 e. The fraction of sp³-hybridized carbons (Fsp3) is 0.333. The van der Waals surface area contributed by atoms with E-state index in [1.807, 2.05) is 18.2 Å². The molecule has 0 amide bonds. The molecule has 2 unspecified atom stereocenters. The molecule has 3 fully saturated rings. The molecule has 160 valence electrons. The first-order chi connectivity index (χ1) is 15.2. The lowest BCUT2D eigenvalue weighted by molar-refractivity contribution is 0.0127. The van der Waals surface area contributed by atoms with Crippen LogP contribution in [-0.4, -0.2) is 30.1 Å². The molecule has 2 nitrogen and oxygen atoms in total. The normalized spacial score (nSPS) is 25.0. The number of piperidine rings is 3. The number of fused-ring (bicyclic) bond motifs is 3. The van der Waals surface area contributed by atoms with Crippen molar-refractivity contribution in [2.24, 2.45) is 5.92 Å². The fourth-order valence-electron chi connectivity index (χ4n) is 5.33. The largest absolute Gasteiger partial charge is 0.308 e. The Labute approximate surface area is 195 Å². The SMILES string of the molecule is Clc1cccc(-c2ccc(CC3C(NCc4ccccc4)C4CCN3CC4)cc2)c1Cl. The minimum atomic E-state index is 0.546. The lowest BCUT2D eigenvalue weighted by Gasteiger charge is -2.51. The van der Waals surface area contributed by atoms with E-state index in [9.17, 15) is 0 Å². The molecule has 0 aliphatic carbocycles. The molecule has 4 heteroatoms. The Morgan fingerprint density at radius 3 is 2.29 bits per heavy atom. The number of halogens is 2. The van der Waals surface area contributed by atoms with E-state index in [2.05, 4.69) is 64.8 Å². The topological polar surface area (TPSA) is 15.3 Å². The van der Waals surface area contributed by atoms with Crippen molar-refractivity contribution in [3.8, 4) is 11.1 Å². The molecule has 0 radical (unpaired) electrons. The van der Waals surface area contributed by atoms with Gasteiger partial charge in [-0.3, -0.25) is 4.90 Å². The molecule has 3 aromatic carbocycles. The van der Waals surface area contributed by atoms with Gasteiger partial charge >= 0.3 is 0 Å². The van der Waals surface area contributed by atoms with Gasteiger partial charge in [-0.05, 0) is 61.0 Å². The zero-order chi connectivity index (χ0) is 21.2. The highest BCUT2D eigenvalue weighted by Gasteiger charge is 2.41. The van der Waals surface area contributed by atoms with E-state index >= 15 is 0 Å². The quantitative estimate of drug-likeness (QED) is 0.463. The van der Waals surface area contributed by atoms with E-state index in [4.69, 9.17) is 23.2 Å². The number of rotatable bonds is 6. The number of hydrogen-bond donors (Lipinski definition) is 1. The van der Waals surface area contributed by atoms with Gasteiger partial charge in [0, 0.05) is 24.2 Å². The third kappa shape index (κ3) is 4.54. The molecule has 3 aliphatic rings. The first-order valence-corrected chi connectivity index (χ1v) is 12.0. The standard InChI is InChI=1S/C27H28Cl2N2/c28-24-8-4-7-23(26(24)29)21-11-9-19(10-12-21)17-25-27(22-13-15-31(25)16-14-22)30-18-20-5-2-1-3-6-20/h1-12,22,25,27,30H,13-18H2. The molecule has 3 heterocycles. The molecule has 1 N–H and O–H groups in total. The molecule has 6 rings (SSSR count). The fourth-order valence-corrected chi connectivity index (χ4v) is 5.74. The molecular weight excluding hydrogens is 423 g/mol. The summed E-state index contributed by atoms with van der Waals surface area (Å²) in [5.74, 6) is 0.781. The van der Waals surface area contributed by atoms with E-state index in [1.54, 1.807) is 0 Å². The monoisotopic (exact) mass is 450 g/mol. The van der Waals surface area contributed by atoms with Crippen molar-refractivity contribution in [3.05, 3.63) is 94.0 Å². The highest BCUT2D eigenvalue weighted by molar-refractivity contribution is 6.43. The summed E-state index contributed by atoms with van der Waals surface area (Å²) in [7, 11) is 0. The van der Waals surface area contributed by atoms with Gasteiger partial charge in [0.2, 0.25) is 0 Å². The maximum absolute atomic E-state index is 6.42. The van der Waals surface area contributed by atoms with Gasteiger partial charge in [-0.15, -0.1) is 0 Å². The first kappa shape index (κ1) is 21.0. The lowest BCUT2D eigenvalue weighted by Crippen LogP contribution is -2.63. The molecule has 0 spiro atoms. The molecule has 2 bridgehead atoms. The predicted octanol–water partition coefficient (Wildman–Crippen LogP) is 6.46. The van der Waals surface area contributed by atoms with E-state index in [1.165, 1.54) is 37.1 Å². The molecular formula is C27H28Cl2N2. The predicted molar refractivity (Wildman–Crippen MR) is 131 cm³/mol. The van der Waals surface area contributed by atoms with Gasteiger partial charge in [0.05, 0.1) is 10.0 Å². The van der Waals surface area contributed by atoms with Gasteiger partial charge < -0.3 is 5.32 Å². The molecule has 0 aromatic heterocycles. The van der Waals surface area contributed by atoms with Crippen LogP contribution in [0.3, 0.4) is 0 Å². The summed E-state index contributed by atoms with van der Waals surface area (Å²) in [6.45, 7) is 3.41. The molecule has 2 atom stereocenters. The second-order valence-electron chi connectivity index (χ2n) is 8.84. The summed E-state index contributed by atoms with van der Waals surface area (Å²) in [5.41, 5.74) is 4.84. The number of hydrogen-bond acceptors (Lipinski definition) is 2. The third-order valence-electron chi connectivity index (χ3n) is 7.01. The van der Waals surface area contributed by atoms with Crippen molar-refractivity contribution in [1.82, 2.24) is 10.2 Å². The molecule has 3 saturated heterocycles. The van der Waals surface area contributed by atoms with Gasteiger partial charge in [-0.1, -0.05) is 89.9 Å². The van der Waals surface area contributed by atoms with Crippen molar-refractivity contribution in [3.63, 3.8) is 0 Å². The summed E-state index contributed by atoms with van der Waals surface area (Å²) in [5, 5.41) is 5.14. The Morgan fingerprint density at radius 1 is 0.806 bits per heavy atom. The number of nitrogens with zero attached hydrogens (tertiary/aromatic N) is 1. The maximum Gasteiger partial charge on any atom is 0.0670 e. The molecule has 31 heavy (non-hydrogen) atoms. The van der Waals surface area contributed by atoms with Crippen molar-refractivity contribution >= 4 is 23.2 Å². The maximum atomic E-state index is 6.42. The van der Waals surface area contributed by atoms with E-state index < -0.39 is 0 Å². The number of nitrogens with one attached hydrogen (secondary N) is 1. The second-order valence-corrected chi connectivity index (χ2v) is 9.62. The van der Waals surface area contributed by atoms with Crippen molar-refractivity contribution in [1.29, 1.82) is 0 Å². The summed E-state index contributed by atoms with van der Waals surface area (Å²) < 4.78 is 0. The van der Waals surface area contributed by atoms with Gasteiger partial charge in [-0.2, -0.15) is 0 Å². The van der Waals surface area contributed by atoms with Crippen LogP contribution in [-0.2, 0) is 13.0 Å². The summed E-state index contributed by atoms with van der Waals surface area (Å²) in [4.78, 5) is 2.70. The Morgan fingerprint density at radius 2 is 1.55 bits per heavy atom. The van der Waals surface area contributed by atoms with Gasteiger partial charge in [0.1, 0.15) is 0 Å². The van der Waals surface area contributed by atoms with Crippen LogP contribution in [0.25, 0.3) is 11.1 Å². The van der Waals surface area contributed by atoms with Crippen LogP contribution in [0.5, 0.6) is 0 Å². The molecule has 3 aliphatic heterocycles.